The van der Waals surface area contributed by atoms with Gasteiger partial charge >= 0.3 is 5.97 Å². The number of benzene rings is 1. The summed E-state index contributed by atoms with van der Waals surface area (Å²) in [5, 5.41) is 20.1. The van der Waals surface area contributed by atoms with Crippen molar-refractivity contribution in [3.8, 4) is 0 Å². The third-order valence-electron chi connectivity index (χ3n) is 3.48. The first-order chi connectivity index (χ1) is 9.54. The summed E-state index contributed by atoms with van der Waals surface area (Å²) >= 11 is 0. The number of aliphatic hydroxyl groups excluding tert-OH is 2. The zero-order chi connectivity index (χ0) is 14.7. The lowest BCUT2D eigenvalue weighted by Gasteiger charge is -2.19. The minimum atomic E-state index is -1.24. The highest BCUT2D eigenvalue weighted by Crippen LogP contribution is 2.31. The van der Waals surface area contributed by atoms with Gasteiger partial charge in [0, 0.05) is 12.0 Å². The molecule has 0 saturated heterocycles. The molecule has 2 N–H and O–H groups in total. The number of rotatable bonds is 5. The first kappa shape index (κ1) is 14.7. The van der Waals surface area contributed by atoms with E-state index < -0.39 is 18.2 Å². The molecule has 108 valence electrons. The Labute approximate surface area is 117 Å². The third-order valence-corrected chi connectivity index (χ3v) is 3.48. The van der Waals surface area contributed by atoms with Crippen LogP contribution in [-0.2, 0) is 16.0 Å². The second-order valence-corrected chi connectivity index (χ2v) is 4.82. The van der Waals surface area contributed by atoms with Crippen LogP contribution in [0.15, 0.2) is 18.2 Å². The molecule has 0 radical (unpaired) electrons. The van der Waals surface area contributed by atoms with Crippen LogP contribution in [0.4, 0.5) is 0 Å². The largest absolute Gasteiger partial charge is 0.466 e. The summed E-state index contributed by atoms with van der Waals surface area (Å²) in [7, 11) is 0. The lowest BCUT2D eigenvalue weighted by Crippen LogP contribution is -2.24. The van der Waals surface area contributed by atoms with Crippen LogP contribution in [0.5, 0.6) is 0 Å². The Bertz CT molecular complexity index is 523. The maximum atomic E-state index is 11.7. The van der Waals surface area contributed by atoms with Gasteiger partial charge in [-0.25, -0.2) is 0 Å². The van der Waals surface area contributed by atoms with E-state index in [9.17, 15) is 19.8 Å². The highest BCUT2D eigenvalue weighted by Gasteiger charge is 2.28. The summed E-state index contributed by atoms with van der Waals surface area (Å²) in [5.41, 5.74) is 1.89. The molecule has 1 aromatic carbocycles. The fourth-order valence-electron chi connectivity index (χ4n) is 2.50. The standard InChI is InChI=1S/C15H18O5/c1-2-20-14(18)8-13(17)15(19)11-5-3-4-10-9(11)6-7-12(10)16/h3-5,13,15,17,19H,2,6-8H2,1H3. The quantitative estimate of drug-likeness (QED) is 0.790. The molecule has 0 bridgehead atoms. The molecule has 5 nitrogen and oxygen atoms in total. The summed E-state index contributed by atoms with van der Waals surface area (Å²) in [6.45, 7) is 1.91. The molecule has 0 fully saturated rings. The monoisotopic (exact) mass is 278 g/mol. The van der Waals surface area contributed by atoms with Crippen LogP contribution in [0.25, 0.3) is 0 Å². The first-order valence-corrected chi connectivity index (χ1v) is 6.71. The zero-order valence-electron chi connectivity index (χ0n) is 11.3. The Morgan fingerprint density at radius 3 is 2.80 bits per heavy atom. The summed E-state index contributed by atoms with van der Waals surface area (Å²) < 4.78 is 4.74. The number of Topliss-reactive ketones (excluding diaryl/α,β-unsaturated/α-hetero) is 1. The zero-order valence-corrected chi connectivity index (χ0v) is 11.3. The molecular formula is C15H18O5. The summed E-state index contributed by atoms with van der Waals surface area (Å²) in [6.07, 6.45) is -1.72. The fraction of sp³-hybridized carbons (Fsp3) is 0.467. The minimum absolute atomic E-state index is 0.0499. The van der Waals surface area contributed by atoms with Gasteiger partial charge in [0.2, 0.25) is 0 Å². The molecule has 1 aromatic rings. The van der Waals surface area contributed by atoms with Gasteiger partial charge in [0.1, 0.15) is 6.10 Å². The molecule has 0 aromatic heterocycles. The van der Waals surface area contributed by atoms with E-state index in [4.69, 9.17) is 4.74 Å². The van der Waals surface area contributed by atoms with Crippen molar-refractivity contribution in [2.75, 3.05) is 6.61 Å². The lowest BCUT2D eigenvalue weighted by atomic mass is 9.95. The molecule has 1 aliphatic rings. The van der Waals surface area contributed by atoms with E-state index in [1.165, 1.54) is 0 Å². The van der Waals surface area contributed by atoms with Gasteiger partial charge < -0.3 is 14.9 Å². The van der Waals surface area contributed by atoms with Crippen LogP contribution in [0.1, 0.15) is 47.4 Å². The van der Waals surface area contributed by atoms with Crippen LogP contribution < -0.4 is 0 Å². The SMILES string of the molecule is CCOC(=O)CC(O)C(O)c1cccc2c1CCC2=O. The van der Waals surface area contributed by atoms with Crippen molar-refractivity contribution in [2.24, 2.45) is 0 Å². The van der Waals surface area contributed by atoms with Crippen LogP contribution in [0, 0.1) is 0 Å². The number of hydrogen-bond acceptors (Lipinski definition) is 5. The Morgan fingerprint density at radius 1 is 1.35 bits per heavy atom. The number of ether oxygens (including phenoxy) is 1. The normalized spacial score (nSPS) is 16.6. The maximum absolute atomic E-state index is 11.7. The highest BCUT2D eigenvalue weighted by atomic mass is 16.5. The maximum Gasteiger partial charge on any atom is 0.308 e. The molecule has 0 spiro atoms. The second-order valence-electron chi connectivity index (χ2n) is 4.82. The predicted molar refractivity (Wildman–Crippen MR) is 71.3 cm³/mol. The third kappa shape index (κ3) is 2.89. The number of aliphatic hydroxyl groups is 2. The average Bonchev–Trinajstić information content (AvgIpc) is 2.80. The van der Waals surface area contributed by atoms with Gasteiger partial charge in [0.05, 0.1) is 19.1 Å². The van der Waals surface area contributed by atoms with E-state index in [1.54, 1.807) is 25.1 Å². The topological polar surface area (TPSA) is 83.8 Å². The van der Waals surface area contributed by atoms with E-state index in [-0.39, 0.29) is 18.8 Å². The Kier molecular flexibility index (Phi) is 4.52. The van der Waals surface area contributed by atoms with E-state index in [1.807, 2.05) is 0 Å². The van der Waals surface area contributed by atoms with Crippen molar-refractivity contribution in [3.63, 3.8) is 0 Å². The lowest BCUT2D eigenvalue weighted by molar-refractivity contribution is -0.147. The molecule has 2 unspecified atom stereocenters. The molecular weight excluding hydrogens is 260 g/mol. The molecule has 20 heavy (non-hydrogen) atoms. The number of esters is 1. The van der Waals surface area contributed by atoms with Crippen molar-refractivity contribution in [2.45, 2.75) is 38.4 Å². The van der Waals surface area contributed by atoms with Gasteiger partial charge in [-0.3, -0.25) is 9.59 Å². The first-order valence-electron chi connectivity index (χ1n) is 6.71. The van der Waals surface area contributed by atoms with Gasteiger partial charge in [-0.1, -0.05) is 18.2 Å². The summed E-state index contributed by atoms with van der Waals surface area (Å²) in [6, 6.07) is 5.08. The van der Waals surface area contributed by atoms with Crippen molar-refractivity contribution < 1.29 is 24.5 Å². The van der Waals surface area contributed by atoms with E-state index in [0.717, 1.165) is 5.56 Å². The van der Waals surface area contributed by atoms with Crippen molar-refractivity contribution in [1.29, 1.82) is 0 Å². The fourth-order valence-corrected chi connectivity index (χ4v) is 2.50. The van der Waals surface area contributed by atoms with Gasteiger partial charge in [0.25, 0.3) is 0 Å². The smallest absolute Gasteiger partial charge is 0.308 e. The Balaban J connectivity index is 2.16. The van der Waals surface area contributed by atoms with Crippen molar-refractivity contribution in [1.82, 2.24) is 0 Å². The molecule has 0 aliphatic heterocycles. The average molecular weight is 278 g/mol. The molecule has 0 amide bonds. The Morgan fingerprint density at radius 2 is 2.10 bits per heavy atom. The van der Waals surface area contributed by atoms with Crippen LogP contribution in [-0.4, -0.2) is 34.7 Å². The number of ketones is 1. The summed E-state index contributed by atoms with van der Waals surface area (Å²) in [5.74, 6) is -0.503. The van der Waals surface area contributed by atoms with Gasteiger partial charge in [-0.15, -0.1) is 0 Å². The number of fused-ring (bicyclic) bond motifs is 1. The molecule has 1 aliphatic carbocycles. The van der Waals surface area contributed by atoms with E-state index >= 15 is 0 Å². The van der Waals surface area contributed by atoms with Crippen LogP contribution in [0.3, 0.4) is 0 Å². The molecule has 0 saturated carbocycles. The number of carbonyl (C=O) groups excluding carboxylic acids is 2. The van der Waals surface area contributed by atoms with E-state index in [0.29, 0.717) is 24.0 Å². The van der Waals surface area contributed by atoms with Gasteiger partial charge in [0.15, 0.2) is 5.78 Å². The van der Waals surface area contributed by atoms with Gasteiger partial charge in [-0.05, 0) is 24.5 Å². The molecule has 2 rings (SSSR count). The predicted octanol–water partition coefficient (Wildman–Crippen LogP) is 1.16. The Hall–Kier alpha value is -1.72. The molecule has 2 atom stereocenters. The van der Waals surface area contributed by atoms with Crippen LogP contribution >= 0.6 is 0 Å². The van der Waals surface area contributed by atoms with Crippen LogP contribution in [0.2, 0.25) is 0 Å². The molecule has 5 heteroatoms. The molecule has 0 heterocycles. The van der Waals surface area contributed by atoms with Crippen molar-refractivity contribution >= 4 is 11.8 Å². The van der Waals surface area contributed by atoms with Crippen molar-refractivity contribution in [3.05, 3.63) is 34.9 Å². The number of hydrogen-bond donors (Lipinski definition) is 2. The number of carbonyl (C=O) groups is 2. The van der Waals surface area contributed by atoms with E-state index in [2.05, 4.69) is 0 Å². The summed E-state index contributed by atoms with van der Waals surface area (Å²) in [4.78, 5) is 23.0. The second kappa shape index (κ2) is 6.15. The minimum Gasteiger partial charge on any atom is -0.466 e. The highest BCUT2D eigenvalue weighted by molar-refractivity contribution is 6.00. The van der Waals surface area contributed by atoms with Gasteiger partial charge in [-0.2, -0.15) is 0 Å².